The number of rotatable bonds is 9. The standard InChI is InChI=1S/C23H29NO11/c1-12(25)31-11-18-19(32-13(2)26)20(33-14(3)27)21(34-15(4)28)23(35-18)24-22(30)17(29)10-16-8-6-5-7-9-16/h5-9,17-21,23,29H,10-11H2,1-4H3,(H,24,30)/t17-,18+,19+,20-,21+,23+/m0/s1. The minimum absolute atomic E-state index is 0.0159. The Labute approximate surface area is 201 Å². The van der Waals surface area contributed by atoms with Crippen molar-refractivity contribution in [1.82, 2.24) is 5.32 Å². The first-order valence-corrected chi connectivity index (χ1v) is 10.8. The average Bonchev–Trinajstić information content (AvgIpc) is 2.76. The summed E-state index contributed by atoms with van der Waals surface area (Å²) in [5, 5.41) is 12.8. The first-order chi connectivity index (χ1) is 16.5. The van der Waals surface area contributed by atoms with Crippen molar-refractivity contribution in [2.75, 3.05) is 6.61 Å². The fraction of sp³-hybridized carbons (Fsp3) is 0.522. The molecule has 0 radical (unpaired) electrons. The smallest absolute Gasteiger partial charge is 0.303 e. The maximum absolute atomic E-state index is 12.7. The number of hydrogen-bond donors (Lipinski definition) is 2. The Morgan fingerprint density at radius 2 is 1.40 bits per heavy atom. The van der Waals surface area contributed by atoms with Crippen LogP contribution in [0.25, 0.3) is 0 Å². The number of aliphatic hydroxyl groups excluding tert-OH is 1. The molecule has 0 aliphatic carbocycles. The number of carbonyl (C=O) groups excluding carboxylic acids is 5. The molecule has 6 atom stereocenters. The van der Waals surface area contributed by atoms with Gasteiger partial charge in [-0.3, -0.25) is 24.0 Å². The Morgan fingerprint density at radius 3 is 1.94 bits per heavy atom. The van der Waals surface area contributed by atoms with Crippen molar-refractivity contribution >= 4 is 29.8 Å². The molecule has 1 aromatic carbocycles. The van der Waals surface area contributed by atoms with Crippen LogP contribution < -0.4 is 5.32 Å². The predicted octanol–water partition coefficient (Wildman–Crippen LogP) is -0.211. The topological polar surface area (TPSA) is 164 Å². The van der Waals surface area contributed by atoms with Crippen molar-refractivity contribution < 1.29 is 52.8 Å². The van der Waals surface area contributed by atoms with Gasteiger partial charge in [-0.1, -0.05) is 30.3 Å². The van der Waals surface area contributed by atoms with E-state index >= 15 is 0 Å². The lowest BCUT2D eigenvalue weighted by Crippen LogP contribution is -2.66. The van der Waals surface area contributed by atoms with Gasteiger partial charge in [0.15, 0.2) is 24.5 Å². The van der Waals surface area contributed by atoms with Crippen molar-refractivity contribution in [2.24, 2.45) is 0 Å². The SMILES string of the molecule is CC(=O)OC[C@H]1O[C@@H](NC(=O)[C@@H](O)Cc2ccccc2)[C@H](OC(C)=O)[C@@H](OC(C)=O)[C@@H]1OC(C)=O. The lowest BCUT2D eigenvalue weighted by atomic mass is 9.97. The number of nitrogens with one attached hydrogen (secondary N) is 1. The third kappa shape index (κ3) is 8.65. The summed E-state index contributed by atoms with van der Waals surface area (Å²) < 4.78 is 26.6. The second-order valence-electron chi connectivity index (χ2n) is 7.83. The molecule has 2 rings (SSSR count). The third-order valence-corrected chi connectivity index (χ3v) is 4.85. The van der Waals surface area contributed by atoms with Crippen LogP contribution in [-0.2, 0) is 54.1 Å². The number of esters is 4. The Morgan fingerprint density at radius 1 is 0.857 bits per heavy atom. The Balaban J connectivity index is 2.34. The van der Waals surface area contributed by atoms with Crippen LogP contribution in [0.4, 0.5) is 0 Å². The van der Waals surface area contributed by atoms with E-state index in [9.17, 15) is 29.1 Å². The van der Waals surface area contributed by atoms with Gasteiger partial charge in [0, 0.05) is 34.1 Å². The molecule has 1 amide bonds. The monoisotopic (exact) mass is 495 g/mol. The van der Waals surface area contributed by atoms with Crippen LogP contribution >= 0.6 is 0 Å². The molecule has 2 N–H and O–H groups in total. The summed E-state index contributed by atoms with van der Waals surface area (Å²) in [6, 6.07) is 8.74. The molecule has 1 heterocycles. The van der Waals surface area contributed by atoms with Crippen molar-refractivity contribution in [3.05, 3.63) is 35.9 Å². The molecule has 1 aromatic rings. The molecule has 1 fully saturated rings. The Kier molecular flexibility index (Phi) is 10.2. The molecular weight excluding hydrogens is 466 g/mol. The van der Waals surface area contributed by atoms with Crippen molar-refractivity contribution in [2.45, 2.75) is 70.9 Å². The third-order valence-electron chi connectivity index (χ3n) is 4.85. The van der Waals surface area contributed by atoms with Crippen LogP contribution in [0.5, 0.6) is 0 Å². The van der Waals surface area contributed by atoms with Gasteiger partial charge in [-0.15, -0.1) is 0 Å². The second-order valence-corrected chi connectivity index (χ2v) is 7.83. The number of benzene rings is 1. The fourth-order valence-electron chi connectivity index (χ4n) is 3.51. The maximum atomic E-state index is 12.7. The number of amides is 1. The van der Waals surface area contributed by atoms with Crippen LogP contribution in [0.1, 0.15) is 33.3 Å². The van der Waals surface area contributed by atoms with E-state index in [0.717, 1.165) is 27.7 Å². The van der Waals surface area contributed by atoms with E-state index in [-0.39, 0.29) is 6.42 Å². The highest BCUT2D eigenvalue weighted by molar-refractivity contribution is 5.81. The fourth-order valence-corrected chi connectivity index (χ4v) is 3.51. The van der Waals surface area contributed by atoms with Gasteiger partial charge in [-0.05, 0) is 5.56 Å². The summed E-state index contributed by atoms with van der Waals surface area (Å²) in [6.07, 6.45) is -8.40. The minimum Gasteiger partial charge on any atom is -0.463 e. The largest absolute Gasteiger partial charge is 0.463 e. The van der Waals surface area contributed by atoms with E-state index in [2.05, 4.69) is 5.32 Å². The van der Waals surface area contributed by atoms with E-state index in [4.69, 9.17) is 23.7 Å². The highest BCUT2D eigenvalue weighted by Crippen LogP contribution is 2.28. The van der Waals surface area contributed by atoms with Crippen LogP contribution in [0.15, 0.2) is 30.3 Å². The van der Waals surface area contributed by atoms with E-state index < -0.39 is 73.1 Å². The highest BCUT2D eigenvalue weighted by atomic mass is 16.7. The normalized spacial score (nSPS) is 24.4. The summed E-state index contributed by atoms with van der Waals surface area (Å²) in [5.74, 6) is -3.91. The van der Waals surface area contributed by atoms with Crippen molar-refractivity contribution in [1.29, 1.82) is 0 Å². The first-order valence-electron chi connectivity index (χ1n) is 10.8. The first kappa shape index (κ1) is 27.7. The molecule has 0 spiro atoms. The van der Waals surface area contributed by atoms with Crippen molar-refractivity contribution in [3.63, 3.8) is 0 Å². The summed E-state index contributed by atoms with van der Waals surface area (Å²) in [6.45, 7) is 3.98. The molecule has 35 heavy (non-hydrogen) atoms. The predicted molar refractivity (Wildman–Crippen MR) is 116 cm³/mol. The number of carbonyl (C=O) groups is 5. The van der Waals surface area contributed by atoms with E-state index in [1.807, 2.05) is 0 Å². The van der Waals surface area contributed by atoms with Crippen LogP contribution in [0, 0.1) is 0 Å². The number of aliphatic hydroxyl groups is 1. The number of ether oxygens (including phenoxy) is 5. The summed E-state index contributed by atoms with van der Waals surface area (Å²) in [7, 11) is 0. The zero-order valence-corrected chi connectivity index (χ0v) is 19.8. The van der Waals surface area contributed by atoms with Crippen LogP contribution in [-0.4, -0.2) is 78.2 Å². The second kappa shape index (κ2) is 12.8. The van der Waals surface area contributed by atoms with E-state index in [0.29, 0.717) is 5.56 Å². The number of hydrogen-bond acceptors (Lipinski definition) is 11. The van der Waals surface area contributed by atoms with Gasteiger partial charge in [0.1, 0.15) is 18.8 Å². The van der Waals surface area contributed by atoms with Gasteiger partial charge < -0.3 is 34.1 Å². The molecule has 0 aromatic heterocycles. The molecule has 12 heteroatoms. The van der Waals surface area contributed by atoms with E-state index in [1.54, 1.807) is 30.3 Å². The quantitative estimate of drug-likeness (QED) is 0.344. The summed E-state index contributed by atoms with van der Waals surface area (Å²) in [5.41, 5.74) is 0.691. The molecule has 1 aliphatic heterocycles. The molecule has 12 nitrogen and oxygen atoms in total. The maximum Gasteiger partial charge on any atom is 0.303 e. The van der Waals surface area contributed by atoms with Crippen molar-refractivity contribution in [3.8, 4) is 0 Å². The summed E-state index contributed by atoms with van der Waals surface area (Å²) >= 11 is 0. The van der Waals surface area contributed by atoms with Gasteiger partial charge in [-0.2, -0.15) is 0 Å². The minimum atomic E-state index is -1.50. The molecular formula is C23H29NO11. The molecule has 192 valence electrons. The van der Waals surface area contributed by atoms with Gasteiger partial charge in [0.05, 0.1) is 0 Å². The summed E-state index contributed by atoms with van der Waals surface area (Å²) in [4.78, 5) is 59.5. The van der Waals surface area contributed by atoms with E-state index in [1.165, 1.54) is 0 Å². The average molecular weight is 495 g/mol. The van der Waals surface area contributed by atoms with Gasteiger partial charge in [0.2, 0.25) is 0 Å². The highest BCUT2D eigenvalue weighted by Gasteiger charge is 2.52. The Bertz CT molecular complexity index is 919. The van der Waals surface area contributed by atoms with Crippen LogP contribution in [0.2, 0.25) is 0 Å². The van der Waals surface area contributed by atoms with Gasteiger partial charge >= 0.3 is 23.9 Å². The molecule has 0 unspecified atom stereocenters. The molecule has 1 saturated heterocycles. The lowest BCUT2D eigenvalue weighted by Gasteiger charge is -2.44. The van der Waals surface area contributed by atoms with Crippen LogP contribution in [0.3, 0.4) is 0 Å². The van der Waals surface area contributed by atoms with Gasteiger partial charge in [-0.25, -0.2) is 0 Å². The lowest BCUT2D eigenvalue weighted by molar-refractivity contribution is -0.257. The zero-order chi connectivity index (χ0) is 26.1. The Hall–Kier alpha value is -3.51. The zero-order valence-electron chi connectivity index (χ0n) is 19.8. The molecule has 1 aliphatic rings. The molecule has 0 bridgehead atoms. The molecule has 0 saturated carbocycles. The van der Waals surface area contributed by atoms with Gasteiger partial charge in [0.25, 0.3) is 5.91 Å².